The van der Waals surface area contributed by atoms with E-state index in [-0.39, 0.29) is 11.3 Å². The number of halogens is 2. The molecule has 0 radical (unpaired) electrons. The van der Waals surface area contributed by atoms with E-state index in [4.69, 9.17) is 4.74 Å². The van der Waals surface area contributed by atoms with Gasteiger partial charge in [-0.1, -0.05) is 28.8 Å². The molecule has 1 fully saturated rings. The monoisotopic (exact) mass is 403 g/mol. The third-order valence-corrected chi connectivity index (χ3v) is 5.79. The summed E-state index contributed by atoms with van der Waals surface area (Å²) in [5.41, 5.74) is 0.889. The van der Waals surface area contributed by atoms with Gasteiger partial charge in [-0.3, -0.25) is 4.79 Å². The molecule has 0 bridgehead atoms. The van der Waals surface area contributed by atoms with E-state index in [1.807, 2.05) is 0 Å². The predicted molar refractivity (Wildman–Crippen MR) is 87.7 cm³/mol. The van der Waals surface area contributed by atoms with Gasteiger partial charge in [0.05, 0.1) is 11.6 Å². The van der Waals surface area contributed by atoms with Crippen LogP contribution < -0.4 is 10.1 Å². The summed E-state index contributed by atoms with van der Waals surface area (Å²) in [7, 11) is 1.61. The van der Waals surface area contributed by atoms with Crippen molar-refractivity contribution >= 4 is 37.8 Å². The van der Waals surface area contributed by atoms with Gasteiger partial charge in [0.25, 0.3) is 5.91 Å². The van der Waals surface area contributed by atoms with Gasteiger partial charge in [0.15, 0.2) is 0 Å². The Morgan fingerprint density at radius 2 is 2.10 bits per heavy atom. The third kappa shape index (κ3) is 3.55. The molecular weight excluding hydrogens is 386 g/mol. The van der Waals surface area contributed by atoms with E-state index in [9.17, 15) is 4.79 Å². The van der Waals surface area contributed by atoms with E-state index in [0.29, 0.717) is 5.56 Å². The number of alkyl halides is 1. The van der Waals surface area contributed by atoms with Crippen molar-refractivity contribution in [2.24, 2.45) is 5.41 Å². The zero-order chi connectivity index (χ0) is 14.6. The summed E-state index contributed by atoms with van der Waals surface area (Å²) < 4.78 is 5.96. The zero-order valence-corrected chi connectivity index (χ0v) is 14.7. The molecular formula is C15H19Br2NO2. The standard InChI is InChI=1S/C15H19Br2NO2/c1-20-13-5-4-11(8-12(13)17)14(19)18-10-15(9-16)6-2-3-7-15/h4-5,8H,2-3,6-7,9-10H2,1H3,(H,18,19). The summed E-state index contributed by atoms with van der Waals surface area (Å²) in [6.07, 6.45) is 4.89. The molecule has 1 amide bonds. The number of hydrogen-bond acceptors (Lipinski definition) is 2. The molecule has 1 saturated carbocycles. The average Bonchev–Trinajstić information content (AvgIpc) is 2.94. The predicted octanol–water partition coefficient (Wildman–Crippen LogP) is 4.14. The lowest BCUT2D eigenvalue weighted by atomic mass is 9.89. The van der Waals surface area contributed by atoms with Crippen molar-refractivity contribution < 1.29 is 9.53 Å². The molecule has 1 aromatic carbocycles. The van der Waals surface area contributed by atoms with Gasteiger partial charge in [-0.05, 0) is 52.4 Å². The van der Waals surface area contributed by atoms with Crippen molar-refractivity contribution in [2.45, 2.75) is 25.7 Å². The maximum atomic E-state index is 12.2. The lowest BCUT2D eigenvalue weighted by Crippen LogP contribution is -2.37. The molecule has 2 rings (SSSR count). The molecule has 0 saturated heterocycles. The van der Waals surface area contributed by atoms with Gasteiger partial charge in [-0.2, -0.15) is 0 Å². The fourth-order valence-corrected chi connectivity index (χ4v) is 3.96. The van der Waals surface area contributed by atoms with Crippen LogP contribution in [-0.4, -0.2) is 24.9 Å². The van der Waals surface area contributed by atoms with E-state index in [1.54, 1.807) is 25.3 Å². The second-order valence-electron chi connectivity index (χ2n) is 5.37. The second kappa shape index (κ2) is 6.94. The van der Waals surface area contributed by atoms with Gasteiger partial charge >= 0.3 is 0 Å². The van der Waals surface area contributed by atoms with Crippen LogP contribution in [0.15, 0.2) is 22.7 Å². The molecule has 110 valence electrons. The number of carbonyl (C=O) groups is 1. The van der Waals surface area contributed by atoms with E-state index in [2.05, 4.69) is 37.2 Å². The topological polar surface area (TPSA) is 38.3 Å². The smallest absolute Gasteiger partial charge is 0.251 e. The van der Waals surface area contributed by atoms with Crippen molar-refractivity contribution in [3.05, 3.63) is 28.2 Å². The average molecular weight is 405 g/mol. The highest BCUT2D eigenvalue weighted by Crippen LogP contribution is 2.39. The fourth-order valence-electron chi connectivity index (χ4n) is 2.66. The molecule has 3 nitrogen and oxygen atoms in total. The number of nitrogens with one attached hydrogen (secondary N) is 1. The molecule has 1 aliphatic carbocycles. The summed E-state index contributed by atoms with van der Waals surface area (Å²) >= 11 is 7.00. The maximum Gasteiger partial charge on any atom is 0.251 e. The number of benzene rings is 1. The Labute approximate surface area is 136 Å². The van der Waals surface area contributed by atoms with Crippen LogP contribution in [0.5, 0.6) is 5.75 Å². The van der Waals surface area contributed by atoms with Crippen molar-refractivity contribution in [1.82, 2.24) is 5.32 Å². The van der Waals surface area contributed by atoms with Gasteiger partial charge < -0.3 is 10.1 Å². The summed E-state index contributed by atoms with van der Waals surface area (Å²) in [6.45, 7) is 0.737. The van der Waals surface area contributed by atoms with Crippen molar-refractivity contribution in [3.8, 4) is 5.75 Å². The third-order valence-electron chi connectivity index (χ3n) is 3.99. The summed E-state index contributed by atoms with van der Waals surface area (Å²) in [6, 6.07) is 5.38. The first kappa shape index (κ1) is 15.8. The van der Waals surface area contributed by atoms with Gasteiger partial charge in [0.2, 0.25) is 0 Å². The number of ether oxygens (including phenoxy) is 1. The van der Waals surface area contributed by atoms with Crippen molar-refractivity contribution in [3.63, 3.8) is 0 Å². The lowest BCUT2D eigenvalue weighted by molar-refractivity contribution is 0.0935. The fraction of sp³-hybridized carbons (Fsp3) is 0.533. The highest BCUT2D eigenvalue weighted by molar-refractivity contribution is 9.10. The lowest BCUT2D eigenvalue weighted by Gasteiger charge is -2.26. The highest BCUT2D eigenvalue weighted by Gasteiger charge is 2.33. The van der Waals surface area contributed by atoms with Crippen LogP contribution in [-0.2, 0) is 0 Å². The molecule has 0 heterocycles. The minimum Gasteiger partial charge on any atom is -0.496 e. The molecule has 0 aromatic heterocycles. The van der Waals surface area contributed by atoms with E-state index in [1.165, 1.54) is 25.7 Å². The van der Waals surface area contributed by atoms with Crippen LogP contribution in [0.4, 0.5) is 0 Å². The van der Waals surface area contributed by atoms with E-state index in [0.717, 1.165) is 22.1 Å². The molecule has 0 atom stereocenters. The molecule has 0 aliphatic heterocycles. The van der Waals surface area contributed by atoms with Crippen LogP contribution >= 0.6 is 31.9 Å². The Kier molecular flexibility index (Phi) is 5.49. The minimum absolute atomic E-state index is 0.0272. The van der Waals surface area contributed by atoms with Crippen LogP contribution in [0, 0.1) is 5.41 Å². The van der Waals surface area contributed by atoms with Crippen LogP contribution in [0.1, 0.15) is 36.0 Å². The number of amides is 1. The number of methoxy groups -OCH3 is 1. The van der Waals surface area contributed by atoms with Gasteiger partial charge in [0, 0.05) is 17.4 Å². The van der Waals surface area contributed by atoms with Crippen molar-refractivity contribution in [2.75, 3.05) is 19.0 Å². The highest BCUT2D eigenvalue weighted by atomic mass is 79.9. The quantitative estimate of drug-likeness (QED) is 0.748. The Bertz CT molecular complexity index is 485. The Balaban J connectivity index is 1.99. The van der Waals surface area contributed by atoms with Crippen LogP contribution in [0.25, 0.3) is 0 Å². The van der Waals surface area contributed by atoms with E-state index < -0.39 is 0 Å². The molecule has 1 aliphatic rings. The number of carbonyl (C=O) groups excluding carboxylic acids is 1. The number of hydrogen-bond donors (Lipinski definition) is 1. The summed E-state index contributed by atoms with van der Waals surface area (Å²) in [4.78, 5) is 12.2. The Hall–Kier alpha value is -0.550. The molecule has 1 N–H and O–H groups in total. The molecule has 0 unspecified atom stereocenters. The Morgan fingerprint density at radius 1 is 1.40 bits per heavy atom. The minimum atomic E-state index is -0.0272. The Morgan fingerprint density at radius 3 is 2.65 bits per heavy atom. The SMILES string of the molecule is COc1ccc(C(=O)NCC2(CBr)CCCC2)cc1Br. The zero-order valence-electron chi connectivity index (χ0n) is 11.5. The van der Waals surface area contributed by atoms with Crippen molar-refractivity contribution in [1.29, 1.82) is 0 Å². The number of rotatable bonds is 5. The molecule has 0 spiro atoms. The first-order valence-electron chi connectivity index (χ1n) is 6.78. The summed E-state index contributed by atoms with van der Waals surface area (Å²) in [5.74, 6) is 0.704. The largest absolute Gasteiger partial charge is 0.496 e. The normalized spacial score (nSPS) is 16.9. The molecule has 20 heavy (non-hydrogen) atoms. The first-order valence-corrected chi connectivity index (χ1v) is 8.69. The van der Waals surface area contributed by atoms with Gasteiger partial charge in [-0.25, -0.2) is 0 Å². The van der Waals surface area contributed by atoms with Gasteiger partial charge in [-0.15, -0.1) is 0 Å². The van der Waals surface area contributed by atoms with Gasteiger partial charge in [0.1, 0.15) is 5.75 Å². The maximum absolute atomic E-state index is 12.2. The van der Waals surface area contributed by atoms with Crippen LogP contribution in [0.2, 0.25) is 0 Å². The second-order valence-corrected chi connectivity index (χ2v) is 6.79. The van der Waals surface area contributed by atoms with Crippen LogP contribution in [0.3, 0.4) is 0 Å². The summed E-state index contributed by atoms with van der Waals surface area (Å²) in [5, 5.41) is 4.02. The molecule has 5 heteroatoms. The first-order chi connectivity index (χ1) is 9.60. The molecule has 1 aromatic rings. The van der Waals surface area contributed by atoms with E-state index >= 15 is 0 Å².